The van der Waals surface area contributed by atoms with Gasteiger partial charge >= 0.3 is 0 Å². The minimum absolute atomic E-state index is 0.352. The number of nitrogens with one attached hydrogen (secondary N) is 1. The molecule has 1 atom stereocenters. The van der Waals surface area contributed by atoms with Gasteiger partial charge in [-0.3, -0.25) is 9.59 Å². The highest BCUT2D eigenvalue weighted by molar-refractivity contribution is 7.17. The van der Waals surface area contributed by atoms with E-state index < -0.39 is 5.91 Å². The minimum Gasteiger partial charge on any atom is -0.490 e. The predicted molar refractivity (Wildman–Crippen MR) is 122 cm³/mol. The van der Waals surface area contributed by atoms with Crippen molar-refractivity contribution in [1.29, 1.82) is 0 Å². The summed E-state index contributed by atoms with van der Waals surface area (Å²) in [5, 5.41) is 3.40. The van der Waals surface area contributed by atoms with Crippen LogP contribution in [0.5, 0.6) is 17.2 Å². The van der Waals surface area contributed by atoms with E-state index in [0.29, 0.717) is 59.1 Å². The zero-order chi connectivity index (χ0) is 22.5. The van der Waals surface area contributed by atoms with Gasteiger partial charge in [-0.2, -0.15) is 0 Å². The summed E-state index contributed by atoms with van der Waals surface area (Å²) in [6.45, 7) is 9.05. The van der Waals surface area contributed by atoms with E-state index in [1.165, 1.54) is 11.3 Å². The number of thiophene rings is 1. The molecular weight excluding hydrogens is 416 g/mol. The van der Waals surface area contributed by atoms with Crippen molar-refractivity contribution >= 4 is 28.2 Å². The molecule has 7 nitrogen and oxygen atoms in total. The fourth-order valence-electron chi connectivity index (χ4n) is 3.79. The van der Waals surface area contributed by atoms with E-state index in [9.17, 15) is 9.59 Å². The Kier molecular flexibility index (Phi) is 7.43. The summed E-state index contributed by atoms with van der Waals surface area (Å²) in [6.07, 6.45) is 2.70. The van der Waals surface area contributed by atoms with E-state index in [4.69, 9.17) is 19.9 Å². The first-order valence-corrected chi connectivity index (χ1v) is 11.5. The van der Waals surface area contributed by atoms with Gasteiger partial charge in [0, 0.05) is 10.4 Å². The number of anilines is 1. The van der Waals surface area contributed by atoms with Gasteiger partial charge in [-0.1, -0.05) is 6.92 Å². The zero-order valence-corrected chi connectivity index (χ0v) is 19.3. The van der Waals surface area contributed by atoms with E-state index in [1.807, 2.05) is 20.8 Å². The van der Waals surface area contributed by atoms with E-state index in [-0.39, 0.29) is 5.91 Å². The smallest absolute Gasteiger partial charge is 0.256 e. The largest absolute Gasteiger partial charge is 0.490 e. The molecule has 3 N–H and O–H groups in total. The molecule has 0 saturated heterocycles. The van der Waals surface area contributed by atoms with E-state index in [0.717, 1.165) is 29.7 Å². The topological polar surface area (TPSA) is 99.9 Å². The van der Waals surface area contributed by atoms with Crippen LogP contribution in [0, 0.1) is 5.92 Å². The van der Waals surface area contributed by atoms with Crippen LogP contribution in [-0.2, 0) is 12.8 Å². The second-order valence-corrected chi connectivity index (χ2v) is 8.58. The van der Waals surface area contributed by atoms with Crippen molar-refractivity contribution in [3.63, 3.8) is 0 Å². The molecule has 1 aliphatic carbocycles. The average Bonchev–Trinajstić information content (AvgIpc) is 3.07. The fourth-order valence-corrected chi connectivity index (χ4v) is 5.21. The van der Waals surface area contributed by atoms with Crippen LogP contribution in [0.1, 0.15) is 65.3 Å². The van der Waals surface area contributed by atoms with Gasteiger partial charge in [0.1, 0.15) is 5.00 Å². The van der Waals surface area contributed by atoms with Gasteiger partial charge in [0.15, 0.2) is 11.5 Å². The molecule has 0 spiro atoms. The molecule has 2 aromatic rings. The summed E-state index contributed by atoms with van der Waals surface area (Å²) in [7, 11) is 0. The normalized spacial score (nSPS) is 15.2. The van der Waals surface area contributed by atoms with Gasteiger partial charge in [0.25, 0.3) is 11.8 Å². The Hall–Kier alpha value is -2.74. The van der Waals surface area contributed by atoms with Gasteiger partial charge in [0.05, 0.1) is 25.4 Å². The Morgan fingerprint density at radius 3 is 2.26 bits per heavy atom. The van der Waals surface area contributed by atoms with Gasteiger partial charge in [-0.05, 0) is 63.6 Å². The molecule has 1 unspecified atom stereocenters. The summed E-state index contributed by atoms with van der Waals surface area (Å²) < 4.78 is 17.1. The van der Waals surface area contributed by atoms with Crippen molar-refractivity contribution in [3.05, 3.63) is 33.7 Å². The third-order valence-electron chi connectivity index (χ3n) is 5.16. The maximum atomic E-state index is 13.1. The predicted octanol–water partition coefficient (Wildman–Crippen LogP) is 4.42. The van der Waals surface area contributed by atoms with E-state index in [2.05, 4.69) is 12.2 Å². The van der Waals surface area contributed by atoms with Crippen molar-refractivity contribution in [2.75, 3.05) is 25.1 Å². The summed E-state index contributed by atoms with van der Waals surface area (Å²) >= 11 is 1.44. The lowest BCUT2D eigenvalue weighted by molar-refractivity contribution is 0.1000. The molecule has 1 heterocycles. The van der Waals surface area contributed by atoms with Crippen LogP contribution in [0.2, 0.25) is 0 Å². The van der Waals surface area contributed by atoms with E-state index in [1.54, 1.807) is 12.1 Å². The van der Waals surface area contributed by atoms with Gasteiger partial charge in [-0.15, -0.1) is 11.3 Å². The fraction of sp³-hybridized carbons (Fsp3) is 0.478. The molecule has 31 heavy (non-hydrogen) atoms. The number of nitrogens with two attached hydrogens (primary N) is 1. The number of hydrogen-bond donors (Lipinski definition) is 2. The molecule has 0 aliphatic heterocycles. The Morgan fingerprint density at radius 2 is 1.71 bits per heavy atom. The summed E-state index contributed by atoms with van der Waals surface area (Å²) in [5.41, 5.74) is 7.43. The molecule has 0 bridgehead atoms. The van der Waals surface area contributed by atoms with Gasteiger partial charge < -0.3 is 25.3 Å². The molecule has 1 aromatic heterocycles. The SMILES string of the molecule is CCOc1cc(C(=O)Nc2sc3c(c2C(N)=O)CCC(C)C3)cc(OCC)c1OCC. The lowest BCUT2D eigenvalue weighted by Crippen LogP contribution is -2.19. The first kappa shape index (κ1) is 22.9. The van der Waals surface area contributed by atoms with Gasteiger partial charge in [-0.25, -0.2) is 0 Å². The maximum absolute atomic E-state index is 13.1. The second kappa shape index (κ2) is 10.0. The second-order valence-electron chi connectivity index (χ2n) is 7.47. The van der Waals surface area contributed by atoms with Crippen LogP contribution in [0.4, 0.5) is 5.00 Å². The van der Waals surface area contributed by atoms with Crippen molar-refractivity contribution in [2.24, 2.45) is 11.7 Å². The van der Waals surface area contributed by atoms with Crippen LogP contribution in [0.15, 0.2) is 12.1 Å². The lowest BCUT2D eigenvalue weighted by atomic mass is 9.88. The molecule has 0 saturated carbocycles. The van der Waals surface area contributed by atoms with Crippen molar-refractivity contribution < 1.29 is 23.8 Å². The number of hydrogen-bond acceptors (Lipinski definition) is 6. The third-order valence-corrected chi connectivity index (χ3v) is 6.33. The molecule has 2 amide bonds. The summed E-state index contributed by atoms with van der Waals surface area (Å²) in [6, 6.07) is 3.26. The molecule has 8 heteroatoms. The van der Waals surface area contributed by atoms with Crippen molar-refractivity contribution in [3.8, 4) is 17.2 Å². The monoisotopic (exact) mass is 446 g/mol. The number of benzene rings is 1. The Balaban J connectivity index is 1.97. The number of amides is 2. The number of carbonyl (C=O) groups excluding carboxylic acids is 2. The zero-order valence-electron chi connectivity index (χ0n) is 18.5. The van der Waals surface area contributed by atoms with Crippen LogP contribution in [0.3, 0.4) is 0 Å². The van der Waals surface area contributed by atoms with Crippen LogP contribution >= 0.6 is 11.3 Å². The highest BCUT2D eigenvalue weighted by Crippen LogP contribution is 2.41. The van der Waals surface area contributed by atoms with Crippen LogP contribution in [0.25, 0.3) is 0 Å². The summed E-state index contributed by atoms with van der Waals surface area (Å²) in [4.78, 5) is 26.4. The standard InChI is InChI=1S/C23H30N2O5S/c1-5-28-16-11-14(12-17(29-6-2)20(16)30-7-3)22(27)25-23-19(21(24)26)15-9-8-13(4)10-18(15)31-23/h11-13H,5-10H2,1-4H3,(H2,24,26)(H,25,27). The minimum atomic E-state index is -0.515. The summed E-state index contributed by atoms with van der Waals surface area (Å²) in [5.74, 6) is 1.02. The molecule has 1 aliphatic rings. The number of ether oxygens (including phenoxy) is 3. The van der Waals surface area contributed by atoms with Crippen molar-refractivity contribution in [2.45, 2.75) is 47.0 Å². The molecule has 168 valence electrons. The molecule has 1 aromatic carbocycles. The van der Waals surface area contributed by atoms with E-state index >= 15 is 0 Å². The highest BCUT2D eigenvalue weighted by atomic mass is 32.1. The first-order valence-electron chi connectivity index (χ1n) is 10.7. The Labute approximate surface area is 186 Å². The highest BCUT2D eigenvalue weighted by Gasteiger charge is 2.28. The number of primary amides is 1. The quantitative estimate of drug-likeness (QED) is 0.594. The van der Waals surface area contributed by atoms with Crippen LogP contribution in [-0.4, -0.2) is 31.6 Å². The first-order chi connectivity index (χ1) is 14.9. The number of rotatable bonds is 9. The Morgan fingerprint density at radius 1 is 1.10 bits per heavy atom. The van der Waals surface area contributed by atoms with Crippen LogP contribution < -0.4 is 25.3 Å². The molecular formula is C23H30N2O5S. The molecule has 3 rings (SSSR count). The number of fused-ring (bicyclic) bond motifs is 1. The number of carbonyl (C=O) groups is 2. The van der Waals surface area contributed by atoms with Gasteiger partial charge in [0.2, 0.25) is 5.75 Å². The average molecular weight is 447 g/mol. The maximum Gasteiger partial charge on any atom is 0.256 e. The third kappa shape index (κ3) is 4.95. The lowest BCUT2D eigenvalue weighted by Gasteiger charge is -2.18. The molecule has 0 radical (unpaired) electrons. The Bertz CT molecular complexity index is 942. The van der Waals surface area contributed by atoms with Crippen molar-refractivity contribution in [1.82, 2.24) is 0 Å². The molecule has 0 fully saturated rings.